The van der Waals surface area contributed by atoms with Crippen LogP contribution in [-0.4, -0.2) is 33.4 Å². The van der Waals surface area contributed by atoms with Gasteiger partial charge in [-0.15, -0.1) is 0 Å². The molecule has 0 radical (unpaired) electrons. The summed E-state index contributed by atoms with van der Waals surface area (Å²) in [5, 5.41) is 3.93. The van der Waals surface area contributed by atoms with Crippen molar-refractivity contribution in [1.29, 1.82) is 0 Å². The van der Waals surface area contributed by atoms with Gasteiger partial charge in [-0.25, -0.2) is 4.98 Å². The fourth-order valence-electron chi connectivity index (χ4n) is 2.17. The molecule has 1 aliphatic carbocycles. The Morgan fingerprint density at radius 2 is 2.38 bits per heavy atom. The molecule has 8 heteroatoms. The van der Waals surface area contributed by atoms with Gasteiger partial charge in [-0.3, -0.25) is 9.59 Å². The topological polar surface area (TPSA) is 73.6 Å². The highest BCUT2D eigenvalue weighted by Gasteiger charge is 2.44. The van der Waals surface area contributed by atoms with Crippen LogP contribution in [0, 0.1) is 5.41 Å². The second-order valence-corrected chi connectivity index (χ2v) is 7.06. The molecule has 6 nitrogen and oxygen atoms in total. The summed E-state index contributed by atoms with van der Waals surface area (Å²) in [4.78, 5) is 28.2. The van der Waals surface area contributed by atoms with E-state index in [-0.39, 0.29) is 16.9 Å². The first kappa shape index (κ1) is 14.5. The molecule has 0 saturated heterocycles. The molecule has 0 aromatic carbocycles. The van der Waals surface area contributed by atoms with E-state index in [0.717, 1.165) is 24.3 Å². The van der Waals surface area contributed by atoms with Gasteiger partial charge >= 0.3 is 5.97 Å². The summed E-state index contributed by atoms with van der Waals surface area (Å²) in [5.74, 6) is 1.42. The van der Waals surface area contributed by atoms with E-state index in [4.69, 9.17) is 4.74 Å². The van der Waals surface area contributed by atoms with E-state index in [1.165, 1.54) is 29.0 Å². The largest absolute Gasteiger partial charge is 0.469 e. The molecule has 3 rings (SSSR count). The lowest BCUT2D eigenvalue weighted by Gasteiger charge is -2.12. The number of esters is 1. The Morgan fingerprint density at radius 3 is 3.10 bits per heavy atom. The molecule has 0 bridgehead atoms. The molecule has 0 unspecified atom stereocenters. The zero-order valence-corrected chi connectivity index (χ0v) is 13.2. The summed E-state index contributed by atoms with van der Waals surface area (Å²) < 4.78 is 6.04. The maximum Gasteiger partial charge on any atom is 0.306 e. The van der Waals surface area contributed by atoms with Crippen molar-refractivity contribution < 1.29 is 9.53 Å². The Kier molecular flexibility index (Phi) is 3.99. The molecule has 1 aliphatic rings. The van der Waals surface area contributed by atoms with E-state index in [1.807, 2.05) is 0 Å². The van der Waals surface area contributed by atoms with E-state index >= 15 is 0 Å². The van der Waals surface area contributed by atoms with Crippen LogP contribution in [0.5, 0.6) is 0 Å². The summed E-state index contributed by atoms with van der Waals surface area (Å²) >= 11 is 3.06. The highest BCUT2D eigenvalue weighted by molar-refractivity contribution is 7.98. The summed E-state index contributed by atoms with van der Waals surface area (Å²) in [5.41, 5.74) is 2.33. The minimum atomic E-state index is -0.146. The molecule has 0 atom stereocenters. The third-order valence-corrected chi connectivity index (χ3v) is 5.59. The van der Waals surface area contributed by atoms with Gasteiger partial charge in [-0.05, 0) is 24.0 Å². The molecule has 2 aromatic rings. The number of rotatable bonds is 6. The highest BCUT2D eigenvalue weighted by atomic mass is 32.2. The quantitative estimate of drug-likeness (QED) is 0.753. The van der Waals surface area contributed by atoms with Gasteiger partial charge in [0.1, 0.15) is 5.51 Å². The number of carbonyl (C=O) groups excluding carboxylic acids is 1. The number of aromatic nitrogens is 3. The Labute approximate surface area is 129 Å². The fourth-order valence-corrected chi connectivity index (χ4v) is 4.10. The van der Waals surface area contributed by atoms with Gasteiger partial charge in [-0.2, -0.15) is 21.4 Å². The van der Waals surface area contributed by atoms with Gasteiger partial charge in [0, 0.05) is 11.8 Å². The predicted molar refractivity (Wildman–Crippen MR) is 81.6 cm³/mol. The average molecular weight is 325 g/mol. The van der Waals surface area contributed by atoms with Gasteiger partial charge in [0.05, 0.1) is 19.2 Å². The highest BCUT2D eigenvalue weighted by Crippen LogP contribution is 2.51. The van der Waals surface area contributed by atoms with Crippen LogP contribution in [0.3, 0.4) is 0 Å². The van der Waals surface area contributed by atoms with Crippen molar-refractivity contribution in [2.75, 3.05) is 12.9 Å². The van der Waals surface area contributed by atoms with Crippen LogP contribution < -0.4 is 5.56 Å². The molecule has 1 fully saturated rings. The first-order valence-electron chi connectivity index (χ1n) is 6.59. The average Bonchev–Trinajstić information content (AvgIpc) is 3.03. The van der Waals surface area contributed by atoms with Crippen LogP contribution in [0.15, 0.2) is 16.4 Å². The van der Waals surface area contributed by atoms with Crippen molar-refractivity contribution in [3.8, 4) is 0 Å². The summed E-state index contributed by atoms with van der Waals surface area (Å²) in [6, 6.07) is 1.53. The van der Waals surface area contributed by atoms with Crippen molar-refractivity contribution in [2.45, 2.75) is 25.0 Å². The van der Waals surface area contributed by atoms with Gasteiger partial charge < -0.3 is 4.74 Å². The second-order valence-electron chi connectivity index (χ2n) is 5.26. The lowest BCUT2D eigenvalue weighted by atomic mass is 10.1. The van der Waals surface area contributed by atoms with E-state index in [1.54, 1.807) is 17.3 Å². The Balaban J connectivity index is 1.59. The number of methoxy groups -OCH3 is 1. The maximum absolute atomic E-state index is 11.8. The molecular formula is C13H15N3O3S2. The molecule has 0 N–H and O–H groups in total. The Hall–Kier alpha value is -1.41. The molecule has 21 heavy (non-hydrogen) atoms. The minimum Gasteiger partial charge on any atom is -0.469 e. The molecular weight excluding hydrogens is 310 g/mol. The number of nitrogens with zero attached hydrogens (tertiary/aromatic N) is 3. The molecule has 0 aliphatic heterocycles. The Morgan fingerprint density at radius 1 is 1.57 bits per heavy atom. The standard InChI is InChI=1S/C13H15N3O3S2/c1-19-11(18)5-13(2-3-13)7-20-6-9-4-10(17)16-12(15-9)21-8-14-16/h4,8H,2-3,5-7H2,1H3. The van der Waals surface area contributed by atoms with Crippen LogP contribution in [0.25, 0.3) is 4.96 Å². The number of carbonyl (C=O) groups is 1. The normalized spacial score (nSPS) is 16.0. The number of hydrogen-bond acceptors (Lipinski definition) is 7. The van der Waals surface area contributed by atoms with Gasteiger partial charge in [0.25, 0.3) is 5.56 Å². The summed E-state index contributed by atoms with van der Waals surface area (Å²) in [7, 11) is 1.42. The monoisotopic (exact) mass is 325 g/mol. The predicted octanol–water partition coefficient (Wildman–Crippen LogP) is 1.73. The number of fused-ring (bicyclic) bond motifs is 1. The number of hydrogen-bond donors (Lipinski definition) is 0. The van der Waals surface area contributed by atoms with Crippen LogP contribution in [-0.2, 0) is 15.3 Å². The van der Waals surface area contributed by atoms with Crippen molar-refractivity contribution >= 4 is 34.0 Å². The molecule has 1 saturated carbocycles. The van der Waals surface area contributed by atoms with E-state index < -0.39 is 0 Å². The number of ether oxygens (including phenoxy) is 1. The van der Waals surface area contributed by atoms with Crippen molar-refractivity contribution in [3.63, 3.8) is 0 Å². The van der Waals surface area contributed by atoms with E-state index in [0.29, 0.717) is 17.1 Å². The van der Waals surface area contributed by atoms with Crippen LogP contribution in [0.1, 0.15) is 25.0 Å². The van der Waals surface area contributed by atoms with E-state index in [2.05, 4.69) is 10.1 Å². The molecule has 112 valence electrons. The molecule has 0 amide bonds. The molecule has 2 aromatic heterocycles. The van der Waals surface area contributed by atoms with E-state index in [9.17, 15) is 9.59 Å². The lowest BCUT2D eigenvalue weighted by Crippen LogP contribution is -2.15. The zero-order valence-electron chi connectivity index (χ0n) is 11.6. The smallest absolute Gasteiger partial charge is 0.306 e. The SMILES string of the molecule is COC(=O)CC1(CSCc2cc(=O)n3ncsc3n2)CC1. The molecule has 2 heterocycles. The van der Waals surface area contributed by atoms with Crippen molar-refractivity contribution in [2.24, 2.45) is 5.41 Å². The van der Waals surface area contributed by atoms with Crippen molar-refractivity contribution in [3.05, 3.63) is 27.6 Å². The second kappa shape index (κ2) is 5.76. The number of thioether (sulfide) groups is 1. The third kappa shape index (κ3) is 3.26. The molecule has 0 spiro atoms. The lowest BCUT2D eigenvalue weighted by molar-refractivity contribution is -0.141. The van der Waals surface area contributed by atoms with Gasteiger partial charge in [0.2, 0.25) is 4.96 Å². The summed E-state index contributed by atoms with van der Waals surface area (Å²) in [6.45, 7) is 0. The minimum absolute atomic E-state index is 0.0986. The fraction of sp³-hybridized carbons (Fsp3) is 0.538. The Bertz CT molecular complexity index is 721. The van der Waals surface area contributed by atoms with Crippen LogP contribution in [0.2, 0.25) is 0 Å². The van der Waals surface area contributed by atoms with Gasteiger partial charge in [0.15, 0.2) is 0 Å². The first-order chi connectivity index (χ1) is 10.1. The van der Waals surface area contributed by atoms with Crippen molar-refractivity contribution in [1.82, 2.24) is 14.6 Å². The maximum atomic E-state index is 11.8. The zero-order chi connectivity index (χ0) is 14.9. The van der Waals surface area contributed by atoms with Crippen LogP contribution in [0.4, 0.5) is 0 Å². The first-order valence-corrected chi connectivity index (χ1v) is 8.62. The van der Waals surface area contributed by atoms with Crippen LogP contribution >= 0.6 is 23.1 Å². The third-order valence-electron chi connectivity index (χ3n) is 3.60. The van der Waals surface area contributed by atoms with Gasteiger partial charge in [-0.1, -0.05) is 11.3 Å². The summed E-state index contributed by atoms with van der Waals surface area (Å²) in [6.07, 6.45) is 2.62.